The SMILES string of the molecule is Cn1cc(S(=O)(=O)Nc2ccc(Br)cc2Br)c(N)n1. The molecule has 2 rings (SSSR count). The highest BCUT2D eigenvalue weighted by Gasteiger charge is 2.21. The summed E-state index contributed by atoms with van der Waals surface area (Å²) < 4.78 is 29.6. The summed E-state index contributed by atoms with van der Waals surface area (Å²) in [4.78, 5) is -0.0511. The van der Waals surface area contributed by atoms with Crippen LogP contribution in [0.15, 0.2) is 38.2 Å². The Bertz CT molecular complexity index is 727. The highest BCUT2D eigenvalue weighted by Crippen LogP contribution is 2.29. The van der Waals surface area contributed by atoms with Crippen molar-refractivity contribution in [3.63, 3.8) is 0 Å². The maximum atomic E-state index is 12.2. The lowest BCUT2D eigenvalue weighted by Gasteiger charge is -2.09. The molecule has 0 bridgehead atoms. The molecule has 0 aliphatic rings. The number of nitrogens with one attached hydrogen (secondary N) is 1. The number of halogens is 2. The van der Waals surface area contributed by atoms with E-state index in [4.69, 9.17) is 5.73 Å². The number of benzene rings is 1. The zero-order chi connectivity index (χ0) is 14.2. The highest BCUT2D eigenvalue weighted by molar-refractivity contribution is 9.11. The fraction of sp³-hybridized carbons (Fsp3) is 0.100. The molecule has 0 spiro atoms. The van der Waals surface area contributed by atoms with Crippen molar-refractivity contribution in [2.45, 2.75) is 4.90 Å². The Morgan fingerprint density at radius 3 is 2.58 bits per heavy atom. The number of aromatic nitrogens is 2. The third kappa shape index (κ3) is 3.10. The Hall–Kier alpha value is -1.06. The van der Waals surface area contributed by atoms with Gasteiger partial charge in [-0.3, -0.25) is 9.40 Å². The van der Waals surface area contributed by atoms with Crippen LogP contribution in [0, 0.1) is 0 Å². The van der Waals surface area contributed by atoms with Gasteiger partial charge in [-0.05, 0) is 34.1 Å². The van der Waals surface area contributed by atoms with Crippen LogP contribution in [-0.4, -0.2) is 18.2 Å². The number of sulfonamides is 1. The lowest BCUT2D eigenvalue weighted by atomic mass is 10.3. The molecule has 0 saturated carbocycles. The van der Waals surface area contributed by atoms with E-state index >= 15 is 0 Å². The Morgan fingerprint density at radius 1 is 1.37 bits per heavy atom. The number of hydrogen-bond donors (Lipinski definition) is 2. The average molecular weight is 410 g/mol. The van der Waals surface area contributed by atoms with E-state index in [-0.39, 0.29) is 10.7 Å². The summed E-state index contributed by atoms with van der Waals surface area (Å²) in [6.45, 7) is 0. The van der Waals surface area contributed by atoms with Gasteiger partial charge < -0.3 is 5.73 Å². The Morgan fingerprint density at radius 2 is 2.05 bits per heavy atom. The van der Waals surface area contributed by atoms with Crippen LogP contribution in [0.2, 0.25) is 0 Å². The van der Waals surface area contributed by atoms with Gasteiger partial charge in [-0.25, -0.2) is 8.42 Å². The number of hydrogen-bond acceptors (Lipinski definition) is 4. The molecule has 1 aromatic heterocycles. The first-order valence-electron chi connectivity index (χ1n) is 5.06. The maximum absolute atomic E-state index is 12.2. The number of anilines is 2. The molecule has 0 aliphatic heterocycles. The standard InChI is InChI=1S/C10H10Br2N4O2S/c1-16-5-9(10(13)14-16)19(17,18)15-8-3-2-6(11)4-7(8)12/h2-5,15H,1H3,(H2,13,14). The molecule has 9 heteroatoms. The number of aryl methyl sites for hydroxylation is 1. The summed E-state index contributed by atoms with van der Waals surface area (Å²) in [6.07, 6.45) is 1.35. The molecule has 0 radical (unpaired) electrons. The Kier molecular flexibility index (Phi) is 3.88. The van der Waals surface area contributed by atoms with Gasteiger partial charge in [0.15, 0.2) is 5.82 Å². The summed E-state index contributed by atoms with van der Waals surface area (Å²) in [5.74, 6) is -0.0387. The molecule has 1 aromatic carbocycles. The van der Waals surface area contributed by atoms with Crippen LogP contribution in [0.3, 0.4) is 0 Å². The Labute approximate surface area is 127 Å². The second-order valence-electron chi connectivity index (χ2n) is 3.78. The van der Waals surface area contributed by atoms with E-state index in [1.54, 1.807) is 25.2 Å². The van der Waals surface area contributed by atoms with Gasteiger partial charge in [0.05, 0.1) is 5.69 Å². The van der Waals surface area contributed by atoms with Crippen LogP contribution in [0.25, 0.3) is 0 Å². The van der Waals surface area contributed by atoms with Gasteiger partial charge in [-0.2, -0.15) is 5.10 Å². The fourth-order valence-electron chi connectivity index (χ4n) is 1.46. The molecule has 0 atom stereocenters. The van der Waals surface area contributed by atoms with Crippen molar-refractivity contribution < 1.29 is 8.42 Å². The van der Waals surface area contributed by atoms with E-state index in [1.807, 2.05) is 0 Å². The minimum Gasteiger partial charge on any atom is -0.381 e. The predicted octanol–water partition coefficient (Wildman–Crippen LogP) is 2.33. The van der Waals surface area contributed by atoms with E-state index in [1.165, 1.54) is 10.9 Å². The number of nitrogens with two attached hydrogens (primary N) is 1. The van der Waals surface area contributed by atoms with Crippen molar-refractivity contribution in [2.24, 2.45) is 7.05 Å². The second kappa shape index (κ2) is 5.14. The monoisotopic (exact) mass is 408 g/mol. The summed E-state index contributed by atoms with van der Waals surface area (Å²) >= 11 is 6.58. The summed E-state index contributed by atoms with van der Waals surface area (Å²) in [5.41, 5.74) is 6.00. The van der Waals surface area contributed by atoms with Gasteiger partial charge in [0, 0.05) is 22.2 Å². The molecule has 2 aromatic rings. The van der Waals surface area contributed by atoms with Crippen molar-refractivity contribution in [2.75, 3.05) is 10.5 Å². The van der Waals surface area contributed by atoms with E-state index in [2.05, 4.69) is 41.7 Å². The second-order valence-corrected chi connectivity index (χ2v) is 7.20. The van der Waals surface area contributed by atoms with Crippen molar-refractivity contribution >= 4 is 53.4 Å². The Balaban J connectivity index is 2.39. The minimum absolute atomic E-state index is 0.0387. The number of nitrogen functional groups attached to an aromatic ring is 1. The van der Waals surface area contributed by atoms with Gasteiger partial charge in [0.25, 0.3) is 10.0 Å². The van der Waals surface area contributed by atoms with Crippen molar-refractivity contribution in [3.05, 3.63) is 33.3 Å². The molecular weight excluding hydrogens is 400 g/mol. The highest BCUT2D eigenvalue weighted by atomic mass is 79.9. The molecular formula is C10H10Br2N4O2S. The van der Waals surface area contributed by atoms with Crippen LogP contribution in [0.5, 0.6) is 0 Å². The van der Waals surface area contributed by atoms with E-state index < -0.39 is 10.0 Å². The van der Waals surface area contributed by atoms with Crippen LogP contribution < -0.4 is 10.5 Å². The van der Waals surface area contributed by atoms with E-state index in [9.17, 15) is 8.42 Å². The van der Waals surface area contributed by atoms with Crippen molar-refractivity contribution in [3.8, 4) is 0 Å². The normalized spacial score (nSPS) is 11.5. The molecule has 0 saturated heterocycles. The molecule has 19 heavy (non-hydrogen) atoms. The third-order valence-corrected chi connectivity index (χ3v) is 4.82. The molecule has 0 fully saturated rings. The summed E-state index contributed by atoms with van der Waals surface area (Å²) in [7, 11) is -2.16. The number of nitrogens with zero attached hydrogens (tertiary/aromatic N) is 2. The van der Waals surface area contributed by atoms with E-state index in [0.717, 1.165) is 4.47 Å². The van der Waals surface area contributed by atoms with Gasteiger partial charge in [0.1, 0.15) is 4.90 Å². The van der Waals surface area contributed by atoms with Crippen LogP contribution >= 0.6 is 31.9 Å². The van der Waals surface area contributed by atoms with Gasteiger partial charge >= 0.3 is 0 Å². The first kappa shape index (κ1) is 14.4. The van der Waals surface area contributed by atoms with Gasteiger partial charge in [-0.15, -0.1) is 0 Å². The lowest BCUT2D eigenvalue weighted by molar-refractivity contribution is 0.601. The van der Waals surface area contributed by atoms with Crippen LogP contribution in [0.4, 0.5) is 11.5 Å². The predicted molar refractivity (Wildman–Crippen MR) is 80.3 cm³/mol. The molecule has 0 unspecified atom stereocenters. The first-order chi connectivity index (χ1) is 8.79. The largest absolute Gasteiger partial charge is 0.381 e. The van der Waals surface area contributed by atoms with E-state index in [0.29, 0.717) is 10.2 Å². The molecule has 1 heterocycles. The van der Waals surface area contributed by atoms with Crippen LogP contribution in [-0.2, 0) is 17.1 Å². The summed E-state index contributed by atoms with van der Waals surface area (Å²) in [5, 5.41) is 3.81. The molecule has 3 N–H and O–H groups in total. The van der Waals surface area contributed by atoms with Crippen LogP contribution in [0.1, 0.15) is 0 Å². The quantitative estimate of drug-likeness (QED) is 0.813. The molecule has 102 valence electrons. The fourth-order valence-corrected chi connectivity index (χ4v) is 3.93. The zero-order valence-corrected chi connectivity index (χ0v) is 13.8. The maximum Gasteiger partial charge on any atom is 0.267 e. The van der Waals surface area contributed by atoms with Gasteiger partial charge in [-0.1, -0.05) is 15.9 Å². The number of rotatable bonds is 3. The molecule has 0 amide bonds. The first-order valence-corrected chi connectivity index (χ1v) is 8.13. The van der Waals surface area contributed by atoms with Gasteiger partial charge in [0.2, 0.25) is 0 Å². The molecule has 6 nitrogen and oxygen atoms in total. The lowest BCUT2D eigenvalue weighted by Crippen LogP contribution is -2.14. The summed E-state index contributed by atoms with van der Waals surface area (Å²) in [6, 6.07) is 5.11. The smallest absolute Gasteiger partial charge is 0.267 e. The third-order valence-electron chi connectivity index (χ3n) is 2.29. The van der Waals surface area contributed by atoms with Crippen molar-refractivity contribution in [1.29, 1.82) is 0 Å². The minimum atomic E-state index is -3.76. The zero-order valence-electron chi connectivity index (χ0n) is 9.76. The molecule has 0 aliphatic carbocycles. The van der Waals surface area contributed by atoms with Crippen molar-refractivity contribution in [1.82, 2.24) is 9.78 Å². The topological polar surface area (TPSA) is 90.0 Å². The average Bonchev–Trinajstić information content (AvgIpc) is 2.63.